The quantitative estimate of drug-likeness (QED) is 0.276. The fourth-order valence-electron chi connectivity index (χ4n) is 3.81. The molecule has 0 saturated carbocycles. The van der Waals surface area contributed by atoms with Crippen LogP contribution in [-0.4, -0.2) is 49.0 Å². The summed E-state index contributed by atoms with van der Waals surface area (Å²) in [5.41, 5.74) is 2.45. The van der Waals surface area contributed by atoms with Crippen LogP contribution in [0.5, 0.6) is 0 Å². The van der Waals surface area contributed by atoms with Crippen LogP contribution < -0.4 is 16.0 Å². The number of nitrogens with one attached hydrogen (secondary N) is 3. The van der Waals surface area contributed by atoms with Crippen LogP contribution in [0.15, 0.2) is 65.7 Å². The maximum atomic E-state index is 12.1. The number of hydrogen-bond acceptors (Lipinski definition) is 3. The number of likely N-dealkylation sites (tertiary alicyclic amines) is 1. The summed E-state index contributed by atoms with van der Waals surface area (Å²) < 4.78 is 0. The van der Waals surface area contributed by atoms with Gasteiger partial charge < -0.3 is 16.0 Å². The Balaban J connectivity index is 0.00000341. The number of aliphatic imine (C=N–C) groups is 1. The lowest BCUT2D eigenvalue weighted by Gasteiger charge is -2.21. The zero-order valence-corrected chi connectivity index (χ0v) is 20.7. The summed E-state index contributed by atoms with van der Waals surface area (Å²) >= 11 is 0. The summed E-state index contributed by atoms with van der Waals surface area (Å²) in [6.45, 7) is 5.33. The van der Waals surface area contributed by atoms with Gasteiger partial charge in [-0.15, -0.1) is 24.0 Å². The van der Waals surface area contributed by atoms with Gasteiger partial charge in [0.1, 0.15) is 0 Å². The van der Waals surface area contributed by atoms with Crippen molar-refractivity contribution in [2.75, 3.05) is 20.1 Å². The van der Waals surface area contributed by atoms with E-state index in [1.807, 2.05) is 30.3 Å². The van der Waals surface area contributed by atoms with E-state index in [0.29, 0.717) is 31.6 Å². The molecule has 2 aromatic rings. The number of nitrogens with zero attached hydrogens (tertiary/aromatic N) is 2. The molecule has 1 aliphatic heterocycles. The highest BCUT2D eigenvalue weighted by atomic mass is 127. The molecule has 7 heteroatoms. The average molecular weight is 535 g/mol. The number of rotatable bonds is 8. The van der Waals surface area contributed by atoms with Crippen molar-refractivity contribution in [1.29, 1.82) is 0 Å². The monoisotopic (exact) mass is 535 g/mol. The molecule has 3 N–H and O–H groups in total. The predicted octanol–water partition coefficient (Wildman–Crippen LogP) is 3.14. The normalized spacial score (nSPS) is 18.8. The molecule has 1 fully saturated rings. The van der Waals surface area contributed by atoms with Gasteiger partial charge in [-0.3, -0.25) is 14.7 Å². The first-order valence-corrected chi connectivity index (χ1v) is 10.7. The molecule has 6 nitrogen and oxygen atoms in total. The first-order chi connectivity index (χ1) is 14.6. The molecule has 168 valence electrons. The minimum Gasteiger partial charge on any atom is -0.356 e. The van der Waals surface area contributed by atoms with Gasteiger partial charge in [-0.25, -0.2) is 0 Å². The fraction of sp³-hybridized carbons (Fsp3) is 0.417. The van der Waals surface area contributed by atoms with Crippen molar-refractivity contribution in [1.82, 2.24) is 20.9 Å². The summed E-state index contributed by atoms with van der Waals surface area (Å²) in [6, 6.07) is 21.4. The highest BCUT2D eigenvalue weighted by Crippen LogP contribution is 2.20. The van der Waals surface area contributed by atoms with Crippen molar-refractivity contribution in [3.8, 4) is 0 Å². The van der Waals surface area contributed by atoms with E-state index >= 15 is 0 Å². The predicted molar refractivity (Wildman–Crippen MR) is 138 cm³/mol. The number of halogens is 1. The maximum absolute atomic E-state index is 12.1. The van der Waals surface area contributed by atoms with Gasteiger partial charge in [-0.1, -0.05) is 60.7 Å². The first kappa shape index (κ1) is 25.1. The van der Waals surface area contributed by atoms with Crippen molar-refractivity contribution < 1.29 is 4.79 Å². The smallest absolute Gasteiger partial charge is 0.222 e. The van der Waals surface area contributed by atoms with E-state index in [0.717, 1.165) is 31.0 Å². The van der Waals surface area contributed by atoms with Crippen molar-refractivity contribution in [3.05, 3.63) is 71.8 Å². The van der Waals surface area contributed by atoms with Gasteiger partial charge in [-0.2, -0.15) is 0 Å². The molecule has 0 aliphatic carbocycles. The Labute approximate surface area is 202 Å². The van der Waals surface area contributed by atoms with E-state index in [1.54, 1.807) is 7.05 Å². The standard InChI is InChI=1S/C24H33N5O.HI/c1-19-15-22(18-29(19)17-21-11-7-4-8-12-21)28-24(25-2)26-14-13-23(30)27-16-20-9-5-3-6-10-20;/h3-12,19,22H,13-18H2,1-2H3,(H,27,30)(H2,25,26,28);1H. The van der Waals surface area contributed by atoms with E-state index in [4.69, 9.17) is 0 Å². The van der Waals surface area contributed by atoms with Crippen LogP contribution in [0.25, 0.3) is 0 Å². The number of guanidine groups is 1. The largest absolute Gasteiger partial charge is 0.356 e. The van der Waals surface area contributed by atoms with Crippen LogP contribution in [0.3, 0.4) is 0 Å². The lowest BCUT2D eigenvalue weighted by molar-refractivity contribution is -0.121. The van der Waals surface area contributed by atoms with Crippen LogP contribution >= 0.6 is 24.0 Å². The molecule has 1 amide bonds. The van der Waals surface area contributed by atoms with Crippen LogP contribution in [0.1, 0.15) is 30.9 Å². The lowest BCUT2D eigenvalue weighted by atomic mass is 10.2. The second-order valence-corrected chi connectivity index (χ2v) is 7.85. The summed E-state index contributed by atoms with van der Waals surface area (Å²) in [5, 5.41) is 9.73. The van der Waals surface area contributed by atoms with E-state index in [-0.39, 0.29) is 29.9 Å². The average Bonchev–Trinajstić information content (AvgIpc) is 3.11. The van der Waals surface area contributed by atoms with Gasteiger partial charge in [0.05, 0.1) is 0 Å². The second kappa shape index (κ2) is 13.3. The minimum absolute atomic E-state index is 0. The molecule has 2 atom stereocenters. The molecule has 1 heterocycles. The highest BCUT2D eigenvalue weighted by molar-refractivity contribution is 14.0. The van der Waals surface area contributed by atoms with Crippen molar-refractivity contribution >= 4 is 35.8 Å². The molecule has 31 heavy (non-hydrogen) atoms. The van der Waals surface area contributed by atoms with E-state index in [1.165, 1.54) is 5.56 Å². The molecular weight excluding hydrogens is 501 g/mol. The van der Waals surface area contributed by atoms with Crippen molar-refractivity contribution in [3.63, 3.8) is 0 Å². The minimum atomic E-state index is 0. The molecule has 0 aromatic heterocycles. The molecule has 3 rings (SSSR count). The summed E-state index contributed by atoms with van der Waals surface area (Å²) in [5.74, 6) is 0.787. The molecule has 0 bridgehead atoms. The number of carbonyl (C=O) groups is 1. The first-order valence-electron chi connectivity index (χ1n) is 10.7. The molecule has 2 unspecified atom stereocenters. The number of benzene rings is 2. The van der Waals surface area contributed by atoms with E-state index in [2.05, 4.69) is 63.1 Å². The van der Waals surface area contributed by atoms with Crippen molar-refractivity contribution in [2.24, 2.45) is 4.99 Å². The Morgan fingerprint density at radius 3 is 2.32 bits per heavy atom. The summed E-state index contributed by atoms with van der Waals surface area (Å²) in [7, 11) is 1.77. The van der Waals surface area contributed by atoms with Crippen LogP contribution in [0.2, 0.25) is 0 Å². The molecule has 0 radical (unpaired) electrons. The summed E-state index contributed by atoms with van der Waals surface area (Å²) in [6.07, 6.45) is 1.49. The van der Waals surface area contributed by atoms with Crippen LogP contribution in [0.4, 0.5) is 0 Å². The molecule has 1 saturated heterocycles. The second-order valence-electron chi connectivity index (χ2n) is 7.85. The Hall–Kier alpha value is -2.13. The molecule has 2 aromatic carbocycles. The molecule has 0 spiro atoms. The lowest BCUT2D eigenvalue weighted by Crippen LogP contribution is -2.45. The third-order valence-corrected chi connectivity index (χ3v) is 5.47. The Bertz CT molecular complexity index is 815. The number of carbonyl (C=O) groups excluding carboxylic acids is 1. The zero-order valence-electron chi connectivity index (χ0n) is 18.4. The SMILES string of the molecule is CN=C(NCCC(=O)NCc1ccccc1)NC1CC(C)N(Cc2ccccc2)C1.I. The molecular formula is C24H34IN5O. The maximum Gasteiger partial charge on any atom is 0.222 e. The van der Waals surface area contributed by atoms with Gasteiger partial charge in [-0.05, 0) is 24.5 Å². The van der Waals surface area contributed by atoms with Crippen LogP contribution in [-0.2, 0) is 17.9 Å². The van der Waals surface area contributed by atoms with Gasteiger partial charge in [0.25, 0.3) is 0 Å². The zero-order chi connectivity index (χ0) is 21.2. The topological polar surface area (TPSA) is 68.8 Å². The van der Waals surface area contributed by atoms with Gasteiger partial charge in [0, 0.05) is 51.7 Å². The summed E-state index contributed by atoms with van der Waals surface area (Å²) in [4.78, 5) is 18.9. The van der Waals surface area contributed by atoms with E-state index < -0.39 is 0 Å². The molecule has 1 aliphatic rings. The number of amides is 1. The number of hydrogen-bond donors (Lipinski definition) is 3. The third-order valence-electron chi connectivity index (χ3n) is 5.47. The van der Waals surface area contributed by atoms with Crippen molar-refractivity contribution in [2.45, 2.75) is 44.9 Å². The Kier molecular flexibility index (Phi) is 10.8. The Morgan fingerprint density at radius 2 is 1.68 bits per heavy atom. The van der Waals surface area contributed by atoms with Gasteiger partial charge in [0.15, 0.2) is 5.96 Å². The van der Waals surface area contributed by atoms with Gasteiger partial charge in [0.2, 0.25) is 5.91 Å². The Morgan fingerprint density at radius 1 is 1.03 bits per heavy atom. The van der Waals surface area contributed by atoms with E-state index in [9.17, 15) is 4.79 Å². The third kappa shape index (κ3) is 8.49. The fourth-order valence-corrected chi connectivity index (χ4v) is 3.81. The van der Waals surface area contributed by atoms with Crippen LogP contribution in [0, 0.1) is 0 Å². The van der Waals surface area contributed by atoms with Gasteiger partial charge >= 0.3 is 0 Å². The highest BCUT2D eigenvalue weighted by Gasteiger charge is 2.29.